The SMILES string of the molecule is C[C@H](NC(=O)[C@@H](NC(=O)[C@H](CO)NC(=O)[C@H](CC(=O)O)NC(=O)[C@H](CO)NC(=O)[C@@H](N)Cc1c[nH]c2ccccc12)[C@@H](C)O)C(=O)O. The fraction of sp³-hybridized carbons (Fsp3) is 0.464. The number of amides is 5. The number of nitrogens with two attached hydrogens (primary N) is 1. The van der Waals surface area contributed by atoms with Crippen molar-refractivity contribution in [3.63, 3.8) is 0 Å². The molecule has 0 radical (unpaired) electrons. The van der Waals surface area contributed by atoms with Gasteiger partial charge in [0, 0.05) is 17.1 Å². The van der Waals surface area contributed by atoms with Crippen LogP contribution < -0.4 is 32.3 Å². The normalized spacial score (nSPS) is 15.5. The summed E-state index contributed by atoms with van der Waals surface area (Å²) in [5.74, 6) is -8.60. The van der Waals surface area contributed by atoms with Gasteiger partial charge in [0.25, 0.3) is 0 Å². The molecule has 5 amide bonds. The van der Waals surface area contributed by atoms with E-state index >= 15 is 0 Å². The first-order valence-electron chi connectivity index (χ1n) is 14.3. The second kappa shape index (κ2) is 17.5. The summed E-state index contributed by atoms with van der Waals surface area (Å²) in [6.07, 6.45) is -0.868. The van der Waals surface area contributed by atoms with Crippen molar-refractivity contribution in [3.05, 3.63) is 36.0 Å². The van der Waals surface area contributed by atoms with E-state index in [-0.39, 0.29) is 6.42 Å². The topological polar surface area (TPSA) is 323 Å². The van der Waals surface area contributed by atoms with E-state index in [9.17, 15) is 54.0 Å². The Labute approximate surface area is 267 Å². The Morgan fingerprint density at radius 2 is 1.30 bits per heavy atom. The number of rotatable bonds is 18. The molecule has 7 atom stereocenters. The minimum Gasteiger partial charge on any atom is -0.481 e. The van der Waals surface area contributed by atoms with Crippen molar-refractivity contribution in [1.82, 2.24) is 31.6 Å². The molecule has 258 valence electrons. The molecule has 0 aliphatic heterocycles. The predicted molar refractivity (Wildman–Crippen MR) is 161 cm³/mol. The second-order valence-corrected chi connectivity index (χ2v) is 10.6. The number of nitrogens with one attached hydrogen (secondary N) is 6. The number of aliphatic carboxylic acids is 2. The van der Waals surface area contributed by atoms with Crippen LogP contribution in [0.25, 0.3) is 10.9 Å². The van der Waals surface area contributed by atoms with E-state index in [2.05, 4.69) is 20.9 Å². The molecule has 0 fully saturated rings. The van der Waals surface area contributed by atoms with Gasteiger partial charge in [-0.15, -0.1) is 0 Å². The average molecular weight is 666 g/mol. The van der Waals surface area contributed by atoms with Crippen molar-refractivity contribution in [3.8, 4) is 0 Å². The van der Waals surface area contributed by atoms with E-state index in [1.807, 2.05) is 28.8 Å². The molecule has 0 saturated carbocycles. The van der Waals surface area contributed by atoms with E-state index < -0.39 is 103 Å². The highest BCUT2D eigenvalue weighted by atomic mass is 16.4. The minimum atomic E-state index is -1.89. The summed E-state index contributed by atoms with van der Waals surface area (Å²) in [6, 6.07) is -2.42. The summed E-state index contributed by atoms with van der Waals surface area (Å²) in [6.45, 7) is 0.173. The van der Waals surface area contributed by atoms with Crippen molar-refractivity contribution < 1.29 is 59.1 Å². The van der Waals surface area contributed by atoms with Gasteiger partial charge in [0.2, 0.25) is 29.5 Å². The van der Waals surface area contributed by atoms with Gasteiger partial charge in [0.05, 0.1) is 31.8 Å². The summed E-state index contributed by atoms with van der Waals surface area (Å²) in [4.78, 5) is 89.2. The summed E-state index contributed by atoms with van der Waals surface area (Å²) in [5, 5.41) is 58.9. The van der Waals surface area contributed by atoms with Crippen LogP contribution in [0.15, 0.2) is 30.5 Å². The summed E-state index contributed by atoms with van der Waals surface area (Å²) in [7, 11) is 0. The van der Waals surface area contributed by atoms with Crippen LogP contribution in [0.4, 0.5) is 0 Å². The maximum absolute atomic E-state index is 12.9. The first-order valence-corrected chi connectivity index (χ1v) is 14.3. The molecule has 13 N–H and O–H groups in total. The van der Waals surface area contributed by atoms with Crippen molar-refractivity contribution in [2.45, 2.75) is 69.0 Å². The van der Waals surface area contributed by atoms with Crippen LogP contribution in [0.2, 0.25) is 0 Å². The van der Waals surface area contributed by atoms with Crippen LogP contribution in [0.1, 0.15) is 25.8 Å². The lowest BCUT2D eigenvalue weighted by molar-refractivity contribution is -0.142. The smallest absolute Gasteiger partial charge is 0.325 e. The fourth-order valence-electron chi connectivity index (χ4n) is 4.25. The number of para-hydroxylation sites is 1. The third kappa shape index (κ3) is 11.0. The Balaban J connectivity index is 2.08. The number of aliphatic hydroxyl groups is 3. The molecule has 19 heteroatoms. The number of hydrogen-bond acceptors (Lipinski definition) is 11. The molecular weight excluding hydrogens is 626 g/mol. The van der Waals surface area contributed by atoms with Crippen LogP contribution in [0, 0.1) is 0 Å². The van der Waals surface area contributed by atoms with Crippen LogP contribution in [0.5, 0.6) is 0 Å². The molecule has 0 spiro atoms. The number of carboxylic acids is 2. The monoisotopic (exact) mass is 665 g/mol. The van der Waals surface area contributed by atoms with E-state index in [0.29, 0.717) is 5.56 Å². The highest BCUT2D eigenvalue weighted by Gasteiger charge is 2.34. The number of carboxylic acid groups (broad SMARTS) is 2. The number of benzene rings is 1. The first kappa shape index (κ1) is 38.1. The van der Waals surface area contributed by atoms with E-state index in [4.69, 9.17) is 10.8 Å². The third-order valence-electron chi connectivity index (χ3n) is 6.89. The number of carbonyl (C=O) groups is 7. The molecule has 2 aromatic rings. The van der Waals surface area contributed by atoms with Gasteiger partial charge < -0.3 is 62.8 Å². The molecule has 0 unspecified atom stereocenters. The quantitative estimate of drug-likeness (QED) is 0.0714. The molecule has 47 heavy (non-hydrogen) atoms. The van der Waals surface area contributed by atoms with Gasteiger partial charge in [-0.2, -0.15) is 0 Å². The number of carbonyl (C=O) groups excluding carboxylic acids is 5. The van der Waals surface area contributed by atoms with Gasteiger partial charge in [-0.05, 0) is 31.9 Å². The van der Waals surface area contributed by atoms with Crippen molar-refractivity contribution in [1.29, 1.82) is 0 Å². The fourth-order valence-corrected chi connectivity index (χ4v) is 4.25. The lowest BCUT2D eigenvalue weighted by atomic mass is 10.0. The van der Waals surface area contributed by atoms with Gasteiger partial charge in [0.1, 0.15) is 30.2 Å². The van der Waals surface area contributed by atoms with Gasteiger partial charge in [-0.1, -0.05) is 18.2 Å². The summed E-state index contributed by atoms with van der Waals surface area (Å²) in [5.41, 5.74) is 7.54. The Kier molecular flexibility index (Phi) is 14.2. The van der Waals surface area contributed by atoms with Crippen LogP contribution in [-0.2, 0) is 40.0 Å². The van der Waals surface area contributed by atoms with E-state index in [1.54, 1.807) is 12.3 Å². The zero-order valence-electron chi connectivity index (χ0n) is 25.4. The van der Waals surface area contributed by atoms with Crippen molar-refractivity contribution >= 4 is 52.4 Å². The molecule has 0 saturated heterocycles. The lowest BCUT2D eigenvalue weighted by Crippen LogP contribution is -2.61. The largest absolute Gasteiger partial charge is 0.481 e. The van der Waals surface area contributed by atoms with Crippen molar-refractivity contribution in [2.24, 2.45) is 5.73 Å². The molecule has 1 aromatic carbocycles. The first-order chi connectivity index (χ1) is 22.1. The molecule has 19 nitrogen and oxygen atoms in total. The maximum Gasteiger partial charge on any atom is 0.325 e. The summed E-state index contributed by atoms with van der Waals surface area (Å²) >= 11 is 0. The number of H-pyrrole nitrogens is 1. The Morgan fingerprint density at radius 3 is 1.85 bits per heavy atom. The highest BCUT2D eigenvalue weighted by molar-refractivity contribution is 5.97. The number of hydrogen-bond donors (Lipinski definition) is 12. The van der Waals surface area contributed by atoms with Crippen LogP contribution in [-0.4, -0.2) is 128 Å². The van der Waals surface area contributed by atoms with Crippen molar-refractivity contribution in [2.75, 3.05) is 13.2 Å². The molecule has 0 aliphatic carbocycles. The van der Waals surface area contributed by atoms with Gasteiger partial charge in [0.15, 0.2) is 0 Å². The predicted octanol–water partition coefficient (Wildman–Crippen LogP) is -4.59. The van der Waals surface area contributed by atoms with Crippen LogP contribution >= 0.6 is 0 Å². The Morgan fingerprint density at radius 1 is 0.766 bits per heavy atom. The van der Waals surface area contributed by atoms with E-state index in [0.717, 1.165) is 24.8 Å². The van der Waals surface area contributed by atoms with Crippen LogP contribution in [0.3, 0.4) is 0 Å². The van der Waals surface area contributed by atoms with Gasteiger partial charge in [-0.3, -0.25) is 33.6 Å². The number of aromatic nitrogens is 1. The summed E-state index contributed by atoms with van der Waals surface area (Å²) < 4.78 is 0. The molecule has 1 heterocycles. The number of fused-ring (bicyclic) bond motifs is 1. The zero-order chi connectivity index (χ0) is 35.4. The number of aromatic amines is 1. The number of aliphatic hydroxyl groups excluding tert-OH is 3. The maximum atomic E-state index is 12.9. The Bertz CT molecular complexity index is 1460. The highest BCUT2D eigenvalue weighted by Crippen LogP contribution is 2.18. The molecule has 1 aromatic heterocycles. The average Bonchev–Trinajstić information content (AvgIpc) is 3.42. The Hall–Kier alpha value is -5.11. The molecule has 0 bridgehead atoms. The molecule has 2 rings (SSSR count). The lowest BCUT2D eigenvalue weighted by Gasteiger charge is -2.26. The molecule has 0 aliphatic rings. The van der Waals surface area contributed by atoms with E-state index in [1.165, 1.54) is 0 Å². The molecular formula is C28H39N7O12. The second-order valence-electron chi connectivity index (χ2n) is 10.6. The van der Waals surface area contributed by atoms with Gasteiger partial charge >= 0.3 is 11.9 Å². The third-order valence-corrected chi connectivity index (χ3v) is 6.89. The standard InChI is InChI=1S/C28H39N7O12/c1-12(28(46)47)31-27(45)22(13(2)38)35-26(44)20(11-37)34-24(42)18(8-21(39)40)32-25(43)19(10-36)33-23(41)16(29)7-14-9-30-17-6-4-3-5-15(14)17/h3-6,9,12-13,16,18-20,22,30,36-38H,7-8,10-11,29H2,1-2H3,(H,31,45)(H,32,43)(H,33,41)(H,34,42)(H,35,44)(H,39,40)(H,46,47)/t12-,13+,16-,18-,19-,20-,22-/m0/s1. The zero-order valence-corrected chi connectivity index (χ0v) is 25.4. The van der Waals surface area contributed by atoms with Gasteiger partial charge in [-0.25, -0.2) is 0 Å². The minimum absolute atomic E-state index is 0.0560.